The van der Waals surface area contributed by atoms with Gasteiger partial charge in [-0.05, 0) is 37.8 Å². The molecule has 2 aromatic heterocycles. The van der Waals surface area contributed by atoms with E-state index in [1.807, 2.05) is 0 Å². The molecule has 0 radical (unpaired) electrons. The summed E-state index contributed by atoms with van der Waals surface area (Å²) in [6.07, 6.45) is 0.654. The molecule has 3 aromatic rings. The van der Waals surface area contributed by atoms with Crippen LogP contribution in [0.4, 0.5) is 18.9 Å². The van der Waals surface area contributed by atoms with Crippen molar-refractivity contribution in [1.29, 1.82) is 0 Å². The van der Waals surface area contributed by atoms with E-state index in [4.69, 9.17) is 4.42 Å². The van der Waals surface area contributed by atoms with E-state index in [0.717, 1.165) is 12.0 Å². The number of hydrogen-bond acceptors (Lipinski definition) is 4. The Morgan fingerprint density at radius 2 is 2.07 bits per heavy atom. The monoisotopic (exact) mass is 390 g/mol. The number of aromatic nitrogens is 3. The molecule has 1 N–H and O–H groups in total. The number of benzene rings is 1. The SMILES string of the molecule is O=C(Cn1nc(C(F)(F)F)c2c1CCCC2)Nc1cccc(-c2cnco2)c1. The Morgan fingerprint density at radius 1 is 1.25 bits per heavy atom. The second-order valence-electron chi connectivity index (χ2n) is 6.63. The van der Waals surface area contributed by atoms with Gasteiger partial charge in [0.1, 0.15) is 6.54 Å². The fraction of sp³-hybridized carbons (Fsp3) is 0.316. The highest BCUT2D eigenvalue weighted by Gasteiger charge is 2.39. The predicted octanol–water partition coefficient (Wildman–Crippen LogP) is 4.07. The van der Waals surface area contributed by atoms with E-state index in [9.17, 15) is 18.0 Å². The molecule has 28 heavy (non-hydrogen) atoms. The number of fused-ring (bicyclic) bond motifs is 1. The second kappa shape index (κ2) is 7.14. The molecule has 1 amide bonds. The maximum absolute atomic E-state index is 13.3. The van der Waals surface area contributed by atoms with Gasteiger partial charge in [0.25, 0.3) is 0 Å². The van der Waals surface area contributed by atoms with Crippen LogP contribution in [0.3, 0.4) is 0 Å². The number of rotatable bonds is 4. The summed E-state index contributed by atoms with van der Waals surface area (Å²) in [4.78, 5) is 16.3. The zero-order valence-corrected chi connectivity index (χ0v) is 14.8. The van der Waals surface area contributed by atoms with Gasteiger partial charge in [-0.25, -0.2) is 4.98 Å². The molecule has 0 saturated heterocycles. The van der Waals surface area contributed by atoms with E-state index < -0.39 is 17.8 Å². The number of anilines is 1. The van der Waals surface area contributed by atoms with Gasteiger partial charge in [-0.3, -0.25) is 9.48 Å². The van der Waals surface area contributed by atoms with Crippen molar-refractivity contribution in [1.82, 2.24) is 14.8 Å². The van der Waals surface area contributed by atoms with Crippen molar-refractivity contribution in [2.75, 3.05) is 5.32 Å². The molecule has 0 unspecified atom stereocenters. The van der Waals surface area contributed by atoms with Crippen molar-refractivity contribution in [3.8, 4) is 11.3 Å². The largest absolute Gasteiger partial charge is 0.444 e. The van der Waals surface area contributed by atoms with Crippen molar-refractivity contribution in [2.45, 2.75) is 38.4 Å². The van der Waals surface area contributed by atoms with Gasteiger partial charge in [-0.15, -0.1) is 0 Å². The third kappa shape index (κ3) is 3.64. The summed E-state index contributed by atoms with van der Waals surface area (Å²) < 4.78 is 46.2. The summed E-state index contributed by atoms with van der Waals surface area (Å²) in [6, 6.07) is 6.94. The number of carbonyl (C=O) groups is 1. The van der Waals surface area contributed by atoms with Gasteiger partial charge in [0.15, 0.2) is 17.8 Å². The average molecular weight is 390 g/mol. The Morgan fingerprint density at radius 3 is 2.82 bits per heavy atom. The molecule has 146 valence electrons. The lowest BCUT2D eigenvalue weighted by atomic mass is 9.95. The van der Waals surface area contributed by atoms with E-state index in [1.165, 1.54) is 11.1 Å². The normalized spacial score (nSPS) is 14.0. The van der Waals surface area contributed by atoms with Crippen LogP contribution >= 0.6 is 0 Å². The number of halogens is 3. The molecule has 6 nitrogen and oxygen atoms in total. The second-order valence-corrected chi connectivity index (χ2v) is 6.63. The number of nitrogens with zero attached hydrogens (tertiary/aromatic N) is 3. The Bertz CT molecular complexity index is 993. The lowest BCUT2D eigenvalue weighted by Gasteiger charge is -2.14. The average Bonchev–Trinajstić information content (AvgIpc) is 3.30. The summed E-state index contributed by atoms with van der Waals surface area (Å²) in [5.41, 5.74) is 1.09. The van der Waals surface area contributed by atoms with Crippen LogP contribution in [0.1, 0.15) is 29.8 Å². The Balaban J connectivity index is 1.53. The predicted molar refractivity (Wildman–Crippen MR) is 94.4 cm³/mol. The Hall–Kier alpha value is -3.10. The van der Waals surface area contributed by atoms with Gasteiger partial charge in [0, 0.05) is 22.5 Å². The lowest BCUT2D eigenvalue weighted by Crippen LogP contribution is -2.21. The minimum Gasteiger partial charge on any atom is -0.444 e. The number of nitrogens with one attached hydrogen (secondary N) is 1. The smallest absolute Gasteiger partial charge is 0.435 e. The van der Waals surface area contributed by atoms with Gasteiger partial charge >= 0.3 is 6.18 Å². The van der Waals surface area contributed by atoms with Crippen LogP contribution < -0.4 is 5.32 Å². The maximum atomic E-state index is 13.3. The first-order chi connectivity index (χ1) is 13.4. The van der Waals surface area contributed by atoms with Crippen LogP contribution in [-0.4, -0.2) is 20.7 Å². The molecule has 1 aromatic carbocycles. The summed E-state index contributed by atoms with van der Waals surface area (Å²) in [5, 5.41) is 6.41. The van der Waals surface area contributed by atoms with Gasteiger partial charge in [0.05, 0.1) is 6.20 Å². The molecule has 1 aliphatic carbocycles. The van der Waals surface area contributed by atoms with Crippen LogP contribution in [-0.2, 0) is 30.4 Å². The van der Waals surface area contributed by atoms with Crippen LogP contribution in [0.5, 0.6) is 0 Å². The fourth-order valence-corrected chi connectivity index (χ4v) is 3.47. The Labute approximate surface area is 158 Å². The highest BCUT2D eigenvalue weighted by Crippen LogP contribution is 2.35. The first-order valence-electron chi connectivity index (χ1n) is 8.86. The van der Waals surface area contributed by atoms with Gasteiger partial charge in [0.2, 0.25) is 5.91 Å². The molecule has 9 heteroatoms. The molecule has 0 atom stereocenters. The summed E-state index contributed by atoms with van der Waals surface area (Å²) in [6.45, 7) is -0.273. The first-order valence-corrected chi connectivity index (χ1v) is 8.86. The van der Waals surface area contributed by atoms with E-state index in [-0.39, 0.29) is 12.1 Å². The molecular weight excluding hydrogens is 373 g/mol. The van der Waals surface area contributed by atoms with Gasteiger partial charge < -0.3 is 9.73 Å². The number of carbonyl (C=O) groups excluding carboxylic acids is 1. The number of alkyl halides is 3. The van der Waals surface area contributed by atoms with Crippen LogP contribution in [0.25, 0.3) is 11.3 Å². The minimum atomic E-state index is -4.52. The summed E-state index contributed by atoms with van der Waals surface area (Å²) >= 11 is 0. The zero-order chi connectivity index (χ0) is 19.7. The van der Waals surface area contributed by atoms with Crippen molar-refractivity contribution in [3.63, 3.8) is 0 Å². The fourth-order valence-electron chi connectivity index (χ4n) is 3.47. The first kappa shape index (κ1) is 18.3. The molecule has 2 heterocycles. The van der Waals surface area contributed by atoms with Crippen molar-refractivity contribution >= 4 is 11.6 Å². The number of hydrogen-bond donors (Lipinski definition) is 1. The molecule has 1 aliphatic rings. The third-order valence-corrected chi connectivity index (χ3v) is 4.68. The number of amides is 1. The van der Waals surface area contributed by atoms with E-state index in [1.54, 1.807) is 30.5 Å². The standard InChI is InChI=1S/C19H17F3N4O2/c20-19(21,22)18-14-6-1-2-7-15(14)26(25-18)10-17(27)24-13-5-3-4-12(8-13)16-9-23-11-28-16/h3-5,8-9,11H,1-2,6-7,10H2,(H,24,27). The highest BCUT2D eigenvalue weighted by molar-refractivity contribution is 5.91. The van der Waals surface area contributed by atoms with Crippen LogP contribution in [0.15, 0.2) is 41.3 Å². The van der Waals surface area contributed by atoms with Crippen molar-refractivity contribution in [2.24, 2.45) is 0 Å². The van der Waals surface area contributed by atoms with Crippen LogP contribution in [0, 0.1) is 0 Å². The third-order valence-electron chi connectivity index (χ3n) is 4.68. The molecular formula is C19H17F3N4O2. The lowest BCUT2D eigenvalue weighted by molar-refractivity contribution is -0.142. The molecule has 0 spiro atoms. The molecule has 4 rings (SSSR count). The van der Waals surface area contributed by atoms with E-state index in [0.29, 0.717) is 36.4 Å². The molecule has 0 fully saturated rings. The Kier molecular flexibility index (Phi) is 4.66. The quantitative estimate of drug-likeness (QED) is 0.729. The topological polar surface area (TPSA) is 73.0 Å². The molecule has 0 aliphatic heterocycles. The summed E-state index contributed by atoms with van der Waals surface area (Å²) in [5.74, 6) is 0.103. The van der Waals surface area contributed by atoms with E-state index >= 15 is 0 Å². The zero-order valence-electron chi connectivity index (χ0n) is 14.8. The van der Waals surface area contributed by atoms with Crippen LogP contribution in [0.2, 0.25) is 0 Å². The van der Waals surface area contributed by atoms with Gasteiger partial charge in [-0.2, -0.15) is 18.3 Å². The molecule has 0 bridgehead atoms. The number of oxazole rings is 1. The van der Waals surface area contributed by atoms with Crippen molar-refractivity contribution < 1.29 is 22.4 Å². The van der Waals surface area contributed by atoms with Crippen molar-refractivity contribution in [3.05, 3.63) is 53.8 Å². The molecule has 0 saturated carbocycles. The van der Waals surface area contributed by atoms with E-state index in [2.05, 4.69) is 15.4 Å². The van der Waals surface area contributed by atoms with Gasteiger partial charge in [-0.1, -0.05) is 12.1 Å². The highest BCUT2D eigenvalue weighted by atomic mass is 19.4. The summed E-state index contributed by atoms with van der Waals surface area (Å²) in [7, 11) is 0. The maximum Gasteiger partial charge on any atom is 0.435 e. The minimum absolute atomic E-state index is 0.221.